The van der Waals surface area contributed by atoms with Gasteiger partial charge in [-0.2, -0.15) is 0 Å². The topological polar surface area (TPSA) is 35.6 Å². The Hall–Kier alpha value is -1.39. The molecule has 2 atom stereocenters. The number of piperazine rings is 1. The molecule has 0 radical (unpaired) electrons. The summed E-state index contributed by atoms with van der Waals surface area (Å²) in [5.74, 6) is 0.577. The average Bonchev–Trinajstić information content (AvgIpc) is 2.57. The number of amides is 1. The van der Waals surface area contributed by atoms with Crippen LogP contribution >= 0.6 is 0 Å². The van der Waals surface area contributed by atoms with Gasteiger partial charge in [0.2, 0.25) is 5.91 Å². The monoisotopic (exact) mass is 329 g/mol. The summed E-state index contributed by atoms with van der Waals surface area (Å²) in [6.45, 7) is 11.3. The second kappa shape index (κ2) is 7.24. The third-order valence-corrected chi connectivity index (χ3v) is 5.57. The molecular formula is C20H31N3O. The number of carbonyl (C=O) groups is 1. The lowest BCUT2D eigenvalue weighted by atomic mass is 9.90. The Kier molecular flexibility index (Phi) is 5.26. The number of benzene rings is 1. The third kappa shape index (κ3) is 3.98. The zero-order valence-electron chi connectivity index (χ0n) is 15.3. The number of hydrogen-bond acceptors (Lipinski definition) is 3. The number of nitrogens with one attached hydrogen (secondary N) is 1. The second-order valence-corrected chi connectivity index (χ2v) is 8.06. The highest BCUT2D eigenvalue weighted by molar-refractivity contribution is 5.79. The van der Waals surface area contributed by atoms with Gasteiger partial charge in [-0.15, -0.1) is 0 Å². The van der Waals surface area contributed by atoms with Crippen molar-refractivity contribution < 1.29 is 4.79 Å². The molecule has 4 heteroatoms. The molecule has 0 unspecified atom stereocenters. The highest BCUT2D eigenvalue weighted by atomic mass is 16.2. The Morgan fingerprint density at radius 1 is 1.25 bits per heavy atom. The summed E-state index contributed by atoms with van der Waals surface area (Å²) in [6.07, 6.45) is 1.96. The molecular weight excluding hydrogens is 298 g/mol. The molecule has 0 aliphatic carbocycles. The first-order valence-corrected chi connectivity index (χ1v) is 9.27. The molecule has 1 amide bonds. The fourth-order valence-corrected chi connectivity index (χ4v) is 4.09. The molecule has 1 aromatic carbocycles. The first kappa shape index (κ1) is 17.4. The standard InChI is InChI=1S/C20H31N3O/c1-16-13-18(9-10-21-16)19(24)22-11-12-23(20(2,3)15-22)14-17-7-5-4-6-8-17/h4-8,16,18,21H,9-15H2,1-3H3/t16-,18-/m0/s1. The summed E-state index contributed by atoms with van der Waals surface area (Å²) in [5, 5.41) is 3.44. The average molecular weight is 329 g/mol. The van der Waals surface area contributed by atoms with Gasteiger partial charge in [0.05, 0.1) is 0 Å². The number of piperidine rings is 1. The van der Waals surface area contributed by atoms with Gasteiger partial charge >= 0.3 is 0 Å². The molecule has 2 saturated heterocycles. The van der Waals surface area contributed by atoms with E-state index >= 15 is 0 Å². The zero-order valence-corrected chi connectivity index (χ0v) is 15.3. The fraction of sp³-hybridized carbons (Fsp3) is 0.650. The van der Waals surface area contributed by atoms with Crippen LogP contribution in [0.15, 0.2) is 30.3 Å². The quantitative estimate of drug-likeness (QED) is 0.925. The summed E-state index contributed by atoms with van der Waals surface area (Å²) in [4.78, 5) is 17.6. The Morgan fingerprint density at radius 2 is 2.00 bits per heavy atom. The fourth-order valence-electron chi connectivity index (χ4n) is 4.09. The molecule has 1 N–H and O–H groups in total. The minimum absolute atomic E-state index is 0.0162. The van der Waals surface area contributed by atoms with Crippen LogP contribution in [0.2, 0.25) is 0 Å². The van der Waals surface area contributed by atoms with Gasteiger partial charge in [0.1, 0.15) is 0 Å². The van der Waals surface area contributed by atoms with Crippen LogP contribution < -0.4 is 5.32 Å². The molecule has 24 heavy (non-hydrogen) atoms. The third-order valence-electron chi connectivity index (χ3n) is 5.57. The van der Waals surface area contributed by atoms with Gasteiger partial charge in [0.25, 0.3) is 0 Å². The molecule has 4 nitrogen and oxygen atoms in total. The van der Waals surface area contributed by atoms with E-state index in [-0.39, 0.29) is 11.5 Å². The van der Waals surface area contributed by atoms with Crippen LogP contribution in [0.1, 0.15) is 39.2 Å². The van der Waals surface area contributed by atoms with Gasteiger partial charge in [0.15, 0.2) is 0 Å². The molecule has 0 saturated carbocycles. The smallest absolute Gasteiger partial charge is 0.225 e. The van der Waals surface area contributed by atoms with Gasteiger partial charge in [-0.25, -0.2) is 0 Å². The largest absolute Gasteiger partial charge is 0.339 e. The molecule has 0 bridgehead atoms. The Balaban J connectivity index is 1.61. The maximum atomic E-state index is 12.9. The SMILES string of the molecule is C[C@H]1C[C@@H](C(=O)N2CCN(Cc3ccccc3)C(C)(C)C2)CCN1. The van der Waals surface area contributed by atoms with E-state index in [4.69, 9.17) is 0 Å². The van der Waals surface area contributed by atoms with Crippen molar-refractivity contribution in [2.75, 3.05) is 26.2 Å². The van der Waals surface area contributed by atoms with Crippen LogP contribution in [-0.4, -0.2) is 53.5 Å². The molecule has 1 aromatic rings. The highest BCUT2D eigenvalue weighted by Crippen LogP contribution is 2.26. The van der Waals surface area contributed by atoms with Gasteiger partial charge in [0, 0.05) is 43.7 Å². The first-order valence-electron chi connectivity index (χ1n) is 9.27. The molecule has 2 aliphatic rings. The normalized spacial score (nSPS) is 27.9. The first-order chi connectivity index (χ1) is 11.5. The summed E-state index contributed by atoms with van der Waals surface area (Å²) in [5.41, 5.74) is 1.36. The summed E-state index contributed by atoms with van der Waals surface area (Å²) in [6, 6.07) is 11.1. The van der Waals surface area contributed by atoms with Crippen LogP contribution in [0.5, 0.6) is 0 Å². The zero-order chi connectivity index (χ0) is 17.2. The van der Waals surface area contributed by atoms with E-state index < -0.39 is 0 Å². The summed E-state index contributed by atoms with van der Waals surface area (Å²) in [7, 11) is 0. The minimum atomic E-state index is 0.0162. The molecule has 2 heterocycles. The maximum Gasteiger partial charge on any atom is 0.225 e. The second-order valence-electron chi connectivity index (χ2n) is 8.06. The Morgan fingerprint density at radius 3 is 2.67 bits per heavy atom. The van der Waals surface area contributed by atoms with Gasteiger partial charge in [-0.05, 0) is 45.7 Å². The summed E-state index contributed by atoms with van der Waals surface area (Å²) >= 11 is 0. The van der Waals surface area contributed by atoms with Crippen molar-refractivity contribution in [3.05, 3.63) is 35.9 Å². The van der Waals surface area contributed by atoms with Crippen molar-refractivity contribution in [3.63, 3.8) is 0 Å². The minimum Gasteiger partial charge on any atom is -0.339 e. The summed E-state index contributed by atoms with van der Waals surface area (Å²) < 4.78 is 0. The van der Waals surface area contributed by atoms with E-state index in [1.165, 1.54) is 5.56 Å². The number of rotatable bonds is 3. The van der Waals surface area contributed by atoms with Gasteiger partial charge < -0.3 is 10.2 Å². The Labute approximate surface area is 146 Å². The predicted octanol–water partition coefficient (Wildman–Crippen LogP) is 2.50. The Bertz CT molecular complexity index is 557. The predicted molar refractivity (Wildman–Crippen MR) is 97.7 cm³/mol. The van der Waals surface area contributed by atoms with Crippen LogP contribution in [-0.2, 0) is 11.3 Å². The molecule has 3 rings (SSSR count). The van der Waals surface area contributed by atoms with Crippen LogP contribution in [0.4, 0.5) is 0 Å². The maximum absolute atomic E-state index is 12.9. The molecule has 2 fully saturated rings. The lowest BCUT2D eigenvalue weighted by Crippen LogP contribution is -2.61. The highest BCUT2D eigenvalue weighted by Gasteiger charge is 2.38. The van der Waals surface area contributed by atoms with Crippen molar-refractivity contribution in [3.8, 4) is 0 Å². The van der Waals surface area contributed by atoms with Crippen LogP contribution in [0, 0.1) is 5.92 Å². The number of carbonyl (C=O) groups excluding carboxylic acids is 1. The number of hydrogen-bond donors (Lipinski definition) is 1. The van der Waals surface area contributed by atoms with E-state index in [1.54, 1.807) is 0 Å². The molecule has 0 aromatic heterocycles. The molecule has 0 spiro atoms. The van der Waals surface area contributed by atoms with E-state index in [0.29, 0.717) is 11.9 Å². The van der Waals surface area contributed by atoms with E-state index in [1.807, 2.05) is 0 Å². The van der Waals surface area contributed by atoms with E-state index in [2.05, 4.69) is 66.2 Å². The van der Waals surface area contributed by atoms with Gasteiger partial charge in [-0.1, -0.05) is 30.3 Å². The van der Waals surface area contributed by atoms with Crippen molar-refractivity contribution in [2.24, 2.45) is 5.92 Å². The van der Waals surface area contributed by atoms with Gasteiger partial charge in [-0.3, -0.25) is 9.69 Å². The van der Waals surface area contributed by atoms with E-state index in [9.17, 15) is 4.79 Å². The van der Waals surface area contributed by atoms with E-state index in [0.717, 1.165) is 45.6 Å². The van der Waals surface area contributed by atoms with Crippen LogP contribution in [0.3, 0.4) is 0 Å². The van der Waals surface area contributed by atoms with Crippen molar-refractivity contribution in [1.82, 2.24) is 15.1 Å². The lowest BCUT2D eigenvalue weighted by molar-refractivity contribution is -0.142. The van der Waals surface area contributed by atoms with Crippen molar-refractivity contribution in [1.29, 1.82) is 0 Å². The van der Waals surface area contributed by atoms with Crippen LogP contribution in [0.25, 0.3) is 0 Å². The molecule has 132 valence electrons. The molecule has 2 aliphatic heterocycles. The lowest BCUT2D eigenvalue weighted by Gasteiger charge is -2.48. The van der Waals surface area contributed by atoms with Crippen molar-refractivity contribution in [2.45, 2.75) is 51.7 Å². The van der Waals surface area contributed by atoms with Crippen molar-refractivity contribution >= 4 is 5.91 Å². The number of nitrogens with zero attached hydrogens (tertiary/aromatic N) is 2.